The fourth-order valence-electron chi connectivity index (χ4n) is 1.99. The summed E-state index contributed by atoms with van der Waals surface area (Å²) in [5, 5.41) is 0. The Kier molecular flexibility index (Phi) is 6.13. The minimum atomic E-state index is -0.643. The number of hydrogen-bond donors (Lipinski definition) is 2. The van der Waals surface area contributed by atoms with Crippen molar-refractivity contribution in [3.63, 3.8) is 0 Å². The topological polar surface area (TPSA) is 97.6 Å². The van der Waals surface area contributed by atoms with Crippen molar-refractivity contribution in [3.05, 3.63) is 60.1 Å². The Balaban J connectivity index is 1.67. The SMILES string of the molecule is C[C@@H](CC(=O)OCC(=O)NNC(=O)c1ccco1)c1ccccc1. The number of benzene rings is 1. The molecule has 1 atom stereocenters. The van der Waals surface area contributed by atoms with Gasteiger partial charge in [0.1, 0.15) is 0 Å². The predicted molar refractivity (Wildman–Crippen MR) is 84.7 cm³/mol. The van der Waals surface area contributed by atoms with Crippen LogP contribution in [0.5, 0.6) is 0 Å². The summed E-state index contributed by atoms with van der Waals surface area (Å²) in [5.74, 6) is -1.68. The standard InChI is InChI=1S/C17H18N2O5/c1-12(13-6-3-2-4-7-13)10-16(21)24-11-15(20)18-19-17(22)14-8-5-9-23-14/h2-9,12H,10-11H2,1H3,(H,18,20)(H,19,22)/t12-/m0/s1. The van der Waals surface area contributed by atoms with Gasteiger partial charge in [-0.05, 0) is 23.6 Å². The Bertz CT molecular complexity index is 682. The van der Waals surface area contributed by atoms with Crippen LogP contribution in [0.1, 0.15) is 35.4 Å². The van der Waals surface area contributed by atoms with Gasteiger partial charge >= 0.3 is 11.9 Å². The van der Waals surface area contributed by atoms with Crippen molar-refractivity contribution in [1.29, 1.82) is 0 Å². The number of amides is 2. The summed E-state index contributed by atoms with van der Waals surface area (Å²) in [4.78, 5) is 34.8. The quantitative estimate of drug-likeness (QED) is 0.621. The van der Waals surface area contributed by atoms with Gasteiger partial charge in [0.05, 0.1) is 12.7 Å². The fourth-order valence-corrected chi connectivity index (χ4v) is 1.99. The number of carbonyl (C=O) groups excluding carboxylic acids is 3. The van der Waals surface area contributed by atoms with Gasteiger partial charge in [-0.1, -0.05) is 37.3 Å². The van der Waals surface area contributed by atoms with E-state index in [2.05, 4.69) is 10.9 Å². The lowest BCUT2D eigenvalue weighted by Gasteiger charge is -2.11. The molecular weight excluding hydrogens is 312 g/mol. The van der Waals surface area contributed by atoms with Crippen LogP contribution in [-0.2, 0) is 14.3 Å². The molecule has 0 fully saturated rings. The van der Waals surface area contributed by atoms with E-state index in [4.69, 9.17) is 9.15 Å². The average molecular weight is 330 g/mol. The van der Waals surface area contributed by atoms with Crippen molar-refractivity contribution in [2.24, 2.45) is 0 Å². The number of hydrazine groups is 1. The van der Waals surface area contributed by atoms with E-state index >= 15 is 0 Å². The zero-order valence-corrected chi connectivity index (χ0v) is 13.2. The molecule has 0 aliphatic heterocycles. The highest BCUT2D eigenvalue weighted by molar-refractivity contribution is 5.93. The molecule has 0 radical (unpaired) electrons. The number of hydrogen-bond acceptors (Lipinski definition) is 5. The zero-order valence-electron chi connectivity index (χ0n) is 13.2. The first-order valence-corrected chi connectivity index (χ1v) is 7.39. The smallest absolute Gasteiger partial charge is 0.306 e. The van der Waals surface area contributed by atoms with E-state index in [1.54, 1.807) is 6.07 Å². The average Bonchev–Trinajstić information content (AvgIpc) is 3.13. The molecule has 0 spiro atoms. The highest BCUT2D eigenvalue weighted by atomic mass is 16.5. The number of ether oxygens (including phenoxy) is 1. The van der Waals surface area contributed by atoms with E-state index in [-0.39, 0.29) is 18.1 Å². The Labute approximate surface area is 139 Å². The molecule has 0 aliphatic rings. The molecule has 7 nitrogen and oxygen atoms in total. The van der Waals surface area contributed by atoms with Crippen LogP contribution in [0.2, 0.25) is 0 Å². The summed E-state index contributed by atoms with van der Waals surface area (Å²) in [6.07, 6.45) is 1.50. The Morgan fingerprint density at radius 2 is 1.83 bits per heavy atom. The van der Waals surface area contributed by atoms with Gasteiger partial charge in [-0.15, -0.1) is 0 Å². The van der Waals surface area contributed by atoms with Crippen molar-refractivity contribution < 1.29 is 23.5 Å². The first-order valence-electron chi connectivity index (χ1n) is 7.39. The van der Waals surface area contributed by atoms with Crippen molar-refractivity contribution >= 4 is 17.8 Å². The van der Waals surface area contributed by atoms with Gasteiger partial charge in [-0.25, -0.2) is 0 Å². The van der Waals surface area contributed by atoms with Gasteiger partial charge < -0.3 is 9.15 Å². The monoisotopic (exact) mass is 330 g/mol. The Hall–Kier alpha value is -3.09. The molecule has 0 bridgehead atoms. The van der Waals surface area contributed by atoms with Crippen molar-refractivity contribution in [2.75, 3.05) is 6.61 Å². The van der Waals surface area contributed by atoms with Gasteiger partial charge in [-0.2, -0.15) is 0 Å². The predicted octanol–water partition coefficient (Wildman–Crippen LogP) is 1.78. The molecule has 1 aromatic carbocycles. The molecule has 24 heavy (non-hydrogen) atoms. The first-order chi connectivity index (χ1) is 11.6. The van der Waals surface area contributed by atoms with Gasteiger partial charge in [0.25, 0.3) is 5.91 Å². The maximum Gasteiger partial charge on any atom is 0.306 e. The maximum atomic E-state index is 11.8. The molecule has 0 saturated carbocycles. The molecule has 2 N–H and O–H groups in total. The van der Waals surface area contributed by atoms with E-state index < -0.39 is 24.4 Å². The number of nitrogens with one attached hydrogen (secondary N) is 2. The third kappa shape index (κ3) is 5.28. The summed E-state index contributed by atoms with van der Waals surface area (Å²) in [5.41, 5.74) is 5.31. The fraction of sp³-hybridized carbons (Fsp3) is 0.235. The molecule has 0 aliphatic carbocycles. The zero-order chi connectivity index (χ0) is 17.4. The second-order valence-electron chi connectivity index (χ2n) is 5.16. The Morgan fingerprint density at radius 1 is 1.08 bits per heavy atom. The van der Waals surface area contributed by atoms with Crippen LogP contribution in [-0.4, -0.2) is 24.4 Å². The van der Waals surface area contributed by atoms with Crippen molar-refractivity contribution in [3.8, 4) is 0 Å². The van der Waals surface area contributed by atoms with E-state index in [1.165, 1.54) is 12.3 Å². The van der Waals surface area contributed by atoms with Crippen molar-refractivity contribution in [1.82, 2.24) is 10.9 Å². The molecule has 126 valence electrons. The van der Waals surface area contributed by atoms with Crippen LogP contribution in [0, 0.1) is 0 Å². The van der Waals surface area contributed by atoms with Crippen LogP contribution >= 0.6 is 0 Å². The van der Waals surface area contributed by atoms with Crippen molar-refractivity contribution in [2.45, 2.75) is 19.3 Å². The summed E-state index contributed by atoms with van der Waals surface area (Å²) >= 11 is 0. The highest BCUT2D eigenvalue weighted by Crippen LogP contribution is 2.18. The summed E-state index contributed by atoms with van der Waals surface area (Å²) in [6.45, 7) is 1.43. The van der Waals surface area contributed by atoms with Gasteiger partial charge in [-0.3, -0.25) is 25.2 Å². The van der Waals surface area contributed by atoms with E-state index in [0.717, 1.165) is 5.56 Å². The van der Waals surface area contributed by atoms with Crippen LogP contribution in [0.4, 0.5) is 0 Å². The second-order valence-corrected chi connectivity index (χ2v) is 5.16. The number of furan rings is 1. The highest BCUT2D eigenvalue weighted by Gasteiger charge is 2.14. The summed E-state index contributed by atoms with van der Waals surface area (Å²) in [6, 6.07) is 12.5. The van der Waals surface area contributed by atoms with E-state index in [1.807, 2.05) is 37.3 Å². The third-order valence-corrected chi connectivity index (χ3v) is 3.27. The molecular formula is C17H18N2O5. The molecule has 1 aromatic heterocycles. The molecule has 1 heterocycles. The van der Waals surface area contributed by atoms with Crippen LogP contribution in [0.3, 0.4) is 0 Å². The Morgan fingerprint density at radius 3 is 2.50 bits per heavy atom. The lowest BCUT2D eigenvalue weighted by molar-refractivity contribution is -0.149. The molecule has 2 amide bonds. The lowest BCUT2D eigenvalue weighted by atomic mass is 9.98. The van der Waals surface area contributed by atoms with E-state index in [9.17, 15) is 14.4 Å². The van der Waals surface area contributed by atoms with Gasteiger partial charge in [0, 0.05) is 0 Å². The summed E-state index contributed by atoms with van der Waals surface area (Å²) < 4.78 is 9.76. The number of esters is 1. The van der Waals surface area contributed by atoms with Gasteiger partial charge in [0.2, 0.25) is 0 Å². The number of carbonyl (C=O) groups is 3. The first kappa shape index (κ1) is 17.3. The minimum Gasteiger partial charge on any atom is -0.459 e. The van der Waals surface area contributed by atoms with Crippen LogP contribution < -0.4 is 10.9 Å². The largest absolute Gasteiger partial charge is 0.459 e. The molecule has 2 aromatic rings. The minimum absolute atomic E-state index is 0.0135. The molecule has 2 rings (SSSR count). The molecule has 7 heteroatoms. The van der Waals surface area contributed by atoms with Crippen LogP contribution in [0.25, 0.3) is 0 Å². The normalized spacial score (nSPS) is 11.4. The lowest BCUT2D eigenvalue weighted by Crippen LogP contribution is -2.43. The van der Waals surface area contributed by atoms with E-state index in [0.29, 0.717) is 0 Å². The van der Waals surface area contributed by atoms with Crippen LogP contribution in [0.15, 0.2) is 53.1 Å². The maximum absolute atomic E-state index is 11.8. The number of rotatable bonds is 6. The summed E-state index contributed by atoms with van der Waals surface area (Å²) in [7, 11) is 0. The third-order valence-electron chi connectivity index (χ3n) is 3.27. The molecule has 0 unspecified atom stereocenters. The molecule has 0 saturated heterocycles. The second kappa shape index (κ2) is 8.52. The van der Waals surface area contributed by atoms with Gasteiger partial charge in [0.15, 0.2) is 12.4 Å².